The molecule has 0 aliphatic rings. The van der Waals surface area contributed by atoms with Crippen molar-refractivity contribution in [1.29, 1.82) is 0 Å². The second kappa shape index (κ2) is 6.18. The van der Waals surface area contributed by atoms with Crippen molar-refractivity contribution in [3.05, 3.63) is 34.6 Å². The standard InChI is InChI=1S/C15H19ClN4/c1-5-20(6-2)15-18-13(17-14(16)19-15)12-8-7-10(3)9-11(12)4/h7-9H,5-6H2,1-4H3. The van der Waals surface area contributed by atoms with Crippen LogP contribution in [0, 0.1) is 13.8 Å². The van der Waals surface area contributed by atoms with Crippen LogP contribution in [0.25, 0.3) is 11.4 Å². The van der Waals surface area contributed by atoms with Gasteiger partial charge in [0.2, 0.25) is 11.2 Å². The van der Waals surface area contributed by atoms with E-state index in [1.54, 1.807) is 0 Å². The van der Waals surface area contributed by atoms with Crippen LogP contribution < -0.4 is 4.90 Å². The molecule has 106 valence electrons. The molecule has 0 radical (unpaired) electrons. The maximum atomic E-state index is 6.05. The maximum Gasteiger partial charge on any atom is 0.230 e. The summed E-state index contributed by atoms with van der Waals surface area (Å²) < 4.78 is 0. The van der Waals surface area contributed by atoms with Gasteiger partial charge in [-0.3, -0.25) is 0 Å². The molecule has 0 atom stereocenters. The lowest BCUT2D eigenvalue weighted by Gasteiger charge is -2.19. The second-order valence-corrected chi connectivity index (χ2v) is 5.06. The van der Waals surface area contributed by atoms with Gasteiger partial charge < -0.3 is 4.90 Å². The number of hydrogen-bond acceptors (Lipinski definition) is 4. The van der Waals surface area contributed by atoms with Crippen LogP contribution in [0.1, 0.15) is 25.0 Å². The van der Waals surface area contributed by atoms with Gasteiger partial charge in [0.25, 0.3) is 0 Å². The first-order valence-electron chi connectivity index (χ1n) is 6.79. The second-order valence-electron chi connectivity index (χ2n) is 4.72. The minimum atomic E-state index is 0.233. The Morgan fingerprint density at radius 2 is 1.75 bits per heavy atom. The van der Waals surface area contributed by atoms with E-state index in [0.29, 0.717) is 11.8 Å². The topological polar surface area (TPSA) is 41.9 Å². The van der Waals surface area contributed by atoms with Crippen LogP contribution in [0.15, 0.2) is 18.2 Å². The first-order chi connectivity index (χ1) is 9.55. The van der Waals surface area contributed by atoms with Crippen LogP contribution in [0.4, 0.5) is 5.95 Å². The molecule has 5 heteroatoms. The maximum absolute atomic E-state index is 6.05. The summed E-state index contributed by atoms with van der Waals surface area (Å²) in [6.07, 6.45) is 0. The highest BCUT2D eigenvalue weighted by Crippen LogP contribution is 2.23. The molecule has 1 heterocycles. The van der Waals surface area contributed by atoms with Gasteiger partial charge in [-0.05, 0) is 44.9 Å². The number of hydrogen-bond donors (Lipinski definition) is 0. The average molecular weight is 291 g/mol. The zero-order valence-corrected chi connectivity index (χ0v) is 13.1. The van der Waals surface area contributed by atoms with Crippen molar-refractivity contribution in [1.82, 2.24) is 15.0 Å². The fourth-order valence-corrected chi connectivity index (χ4v) is 2.33. The highest BCUT2D eigenvalue weighted by molar-refractivity contribution is 6.28. The van der Waals surface area contributed by atoms with Crippen molar-refractivity contribution >= 4 is 17.5 Å². The van der Waals surface area contributed by atoms with Gasteiger partial charge in [-0.1, -0.05) is 23.8 Å². The molecule has 0 fully saturated rings. The van der Waals surface area contributed by atoms with Crippen molar-refractivity contribution in [2.75, 3.05) is 18.0 Å². The number of aryl methyl sites for hydroxylation is 2. The third kappa shape index (κ3) is 3.07. The number of aromatic nitrogens is 3. The SMILES string of the molecule is CCN(CC)c1nc(Cl)nc(-c2ccc(C)cc2C)n1. The summed E-state index contributed by atoms with van der Waals surface area (Å²) in [6, 6.07) is 6.20. The molecule has 0 aliphatic heterocycles. The molecular weight excluding hydrogens is 272 g/mol. The summed E-state index contributed by atoms with van der Waals surface area (Å²) in [4.78, 5) is 15.1. The molecule has 0 amide bonds. The van der Waals surface area contributed by atoms with E-state index in [0.717, 1.165) is 24.2 Å². The smallest absolute Gasteiger partial charge is 0.230 e. The van der Waals surface area contributed by atoms with Gasteiger partial charge in [0, 0.05) is 18.7 Å². The first kappa shape index (κ1) is 14.7. The minimum Gasteiger partial charge on any atom is -0.341 e. The highest BCUT2D eigenvalue weighted by Gasteiger charge is 2.12. The Balaban J connectivity index is 2.51. The molecule has 4 nitrogen and oxygen atoms in total. The van der Waals surface area contributed by atoms with Crippen LogP contribution >= 0.6 is 11.6 Å². The fraction of sp³-hybridized carbons (Fsp3) is 0.400. The molecule has 0 N–H and O–H groups in total. The molecule has 20 heavy (non-hydrogen) atoms. The zero-order chi connectivity index (χ0) is 14.7. The van der Waals surface area contributed by atoms with Gasteiger partial charge in [0.1, 0.15) is 0 Å². The predicted molar refractivity (Wildman–Crippen MR) is 83.3 cm³/mol. The van der Waals surface area contributed by atoms with Crippen molar-refractivity contribution in [3.8, 4) is 11.4 Å². The average Bonchev–Trinajstić information content (AvgIpc) is 2.39. The minimum absolute atomic E-state index is 0.233. The molecular formula is C15H19ClN4. The Morgan fingerprint density at radius 1 is 1.05 bits per heavy atom. The van der Waals surface area contributed by atoms with E-state index in [-0.39, 0.29) is 5.28 Å². The molecule has 1 aromatic heterocycles. The Bertz CT molecular complexity index is 609. The molecule has 2 rings (SSSR count). The fourth-order valence-electron chi connectivity index (χ4n) is 2.17. The summed E-state index contributed by atoms with van der Waals surface area (Å²) >= 11 is 6.05. The van der Waals surface area contributed by atoms with E-state index in [1.165, 1.54) is 5.56 Å². The van der Waals surface area contributed by atoms with Crippen LogP contribution in [0.5, 0.6) is 0 Å². The molecule has 0 saturated carbocycles. The van der Waals surface area contributed by atoms with Gasteiger partial charge in [-0.2, -0.15) is 15.0 Å². The van der Waals surface area contributed by atoms with Crippen LogP contribution in [0.2, 0.25) is 5.28 Å². The summed E-state index contributed by atoms with van der Waals surface area (Å²) in [7, 11) is 0. The first-order valence-corrected chi connectivity index (χ1v) is 7.17. The number of benzene rings is 1. The van der Waals surface area contributed by atoms with E-state index in [2.05, 4.69) is 59.7 Å². The van der Waals surface area contributed by atoms with Crippen molar-refractivity contribution < 1.29 is 0 Å². The van der Waals surface area contributed by atoms with Gasteiger partial charge >= 0.3 is 0 Å². The van der Waals surface area contributed by atoms with E-state index in [4.69, 9.17) is 11.6 Å². The van der Waals surface area contributed by atoms with Crippen LogP contribution in [-0.2, 0) is 0 Å². The Labute approximate surface area is 124 Å². The van der Waals surface area contributed by atoms with E-state index >= 15 is 0 Å². The van der Waals surface area contributed by atoms with Crippen molar-refractivity contribution in [2.24, 2.45) is 0 Å². The van der Waals surface area contributed by atoms with Gasteiger partial charge in [0.15, 0.2) is 5.82 Å². The van der Waals surface area contributed by atoms with Gasteiger partial charge in [-0.15, -0.1) is 0 Å². The number of nitrogens with zero attached hydrogens (tertiary/aromatic N) is 4. The third-order valence-corrected chi connectivity index (χ3v) is 3.43. The third-order valence-electron chi connectivity index (χ3n) is 3.27. The molecule has 0 bridgehead atoms. The van der Waals surface area contributed by atoms with Gasteiger partial charge in [-0.25, -0.2) is 0 Å². The van der Waals surface area contributed by atoms with Gasteiger partial charge in [0.05, 0.1) is 0 Å². The molecule has 0 unspecified atom stereocenters. The summed E-state index contributed by atoms with van der Waals surface area (Å²) in [5.41, 5.74) is 3.35. The number of anilines is 1. The monoisotopic (exact) mass is 290 g/mol. The molecule has 2 aromatic rings. The molecule has 0 spiro atoms. The zero-order valence-electron chi connectivity index (χ0n) is 12.3. The lowest BCUT2D eigenvalue weighted by atomic mass is 10.1. The van der Waals surface area contributed by atoms with E-state index in [9.17, 15) is 0 Å². The summed E-state index contributed by atoms with van der Waals surface area (Å²) in [5, 5.41) is 0.233. The molecule has 0 aliphatic carbocycles. The van der Waals surface area contributed by atoms with E-state index < -0.39 is 0 Å². The molecule has 0 saturated heterocycles. The Kier molecular flexibility index (Phi) is 4.55. The Morgan fingerprint density at radius 3 is 2.35 bits per heavy atom. The quantitative estimate of drug-likeness (QED) is 0.862. The van der Waals surface area contributed by atoms with E-state index in [1.807, 2.05) is 6.07 Å². The number of halogens is 1. The lowest BCUT2D eigenvalue weighted by molar-refractivity contribution is 0.813. The van der Waals surface area contributed by atoms with Crippen molar-refractivity contribution in [2.45, 2.75) is 27.7 Å². The largest absolute Gasteiger partial charge is 0.341 e. The number of rotatable bonds is 4. The van der Waals surface area contributed by atoms with Crippen LogP contribution in [-0.4, -0.2) is 28.0 Å². The van der Waals surface area contributed by atoms with Crippen molar-refractivity contribution in [3.63, 3.8) is 0 Å². The summed E-state index contributed by atoms with van der Waals surface area (Å²) in [6.45, 7) is 9.93. The normalized spacial score (nSPS) is 10.7. The summed E-state index contributed by atoms with van der Waals surface area (Å²) in [5.74, 6) is 1.26. The molecule has 1 aromatic carbocycles. The lowest BCUT2D eigenvalue weighted by Crippen LogP contribution is -2.24. The highest BCUT2D eigenvalue weighted by atomic mass is 35.5. The van der Waals surface area contributed by atoms with Crippen LogP contribution in [0.3, 0.4) is 0 Å². The predicted octanol–water partition coefficient (Wildman–Crippen LogP) is 3.66. The Hall–Kier alpha value is -1.68.